The zero-order valence-corrected chi connectivity index (χ0v) is 22.3. The van der Waals surface area contributed by atoms with Gasteiger partial charge in [-0.05, 0) is 36.0 Å². The summed E-state index contributed by atoms with van der Waals surface area (Å²) in [6.45, 7) is 6.99. The first kappa shape index (κ1) is 27.4. The number of hydrogen-bond acceptors (Lipinski definition) is 6. The molecule has 9 nitrogen and oxygen atoms in total. The first-order valence-corrected chi connectivity index (χ1v) is 12.9. The maximum atomic E-state index is 12.8. The molecule has 1 amide bonds. The van der Waals surface area contributed by atoms with Crippen LogP contribution >= 0.6 is 0 Å². The Labute approximate surface area is 228 Å². The Kier molecular flexibility index (Phi) is 6.89. The van der Waals surface area contributed by atoms with Crippen LogP contribution in [0.1, 0.15) is 50.6 Å². The van der Waals surface area contributed by atoms with Crippen molar-refractivity contribution in [2.75, 3.05) is 6.54 Å². The highest BCUT2D eigenvalue weighted by Gasteiger charge is 2.52. The first-order chi connectivity index (χ1) is 18.9. The molecule has 1 N–H and O–H groups in total. The van der Waals surface area contributed by atoms with Crippen molar-refractivity contribution >= 4 is 6.09 Å². The maximum absolute atomic E-state index is 12.8. The number of rotatable bonds is 6. The molecule has 0 radical (unpaired) electrons. The average Bonchev–Trinajstić information content (AvgIpc) is 3.65. The van der Waals surface area contributed by atoms with E-state index in [1.807, 2.05) is 45.0 Å². The molecule has 1 atom stereocenters. The number of benzene rings is 2. The number of alkyl halides is 3. The first-order valence-electron chi connectivity index (χ1n) is 12.9. The minimum absolute atomic E-state index is 0.327. The van der Waals surface area contributed by atoms with Crippen molar-refractivity contribution < 1.29 is 27.6 Å². The summed E-state index contributed by atoms with van der Waals surface area (Å²) in [6, 6.07) is 12.3. The largest absolute Gasteiger partial charge is 0.465 e. The average molecular weight is 555 g/mol. The zero-order chi connectivity index (χ0) is 28.7. The molecule has 1 unspecified atom stereocenters. The topological polar surface area (TPSA) is 110 Å². The Morgan fingerprint density at radius 3 is 2.35 bits per heavy atom. The molecule has 2 aromatic carbocycles. The van der Waals surface area contributed by atoms with Crippen molar-refractivity contribution in [3.63, 3.8) is 0 Å². The van der Waals surface area contributed by atoms with Gasteiger partial charge in [-0.2, -0.15) is 18.2 Å². The summed E-state index contributed by atoms with van der Waals surface area (Å²) in [7, 11) is 0. The fraction of sp³-hybridized carbons (Fsp3) is 0.393. The van der Waals surface area contributed by atoms with Gasteiger partial charge in [0.15, 0.2) is 0 Å². The van der Waals surface area contributed by atoms with Crippen LogP contribution in [0.4, 0.5) is 18.0 Å². The molecule has 1 aliphatic heterocycles. The number of likely N-dealkylation sites (tertiary alicyclic amines) is 1. The van der Waals surface area contributed by atoms with E-state index in [4.69, 9.17) is 4.52 Å². The highest BCUT2D eigenvalue weighted by molar-refractivity contribution is 5.67. The molecule has 40 heavy (non-hydrogen) atoms. The summed E-state index contributed by atoms with van der Waals surface area (Å²) in [5, 5.41) is 22.1. The van der Waals surface area contributed by atoms with Gasteiger partial charge >= 0.3 is 12.3 Å². The van der Waals surface area contributed by atoms with Crippen LogP contribution in [0, 0.1) is 5.41 Å². The molecule has 0 aliphatic carbocycles. The molecule has 0 saturated carbocycles. The minimum atomic E-state index is -4.39. The van der Waals surface area contributed by atoms with Crippen LogP contribution in [0.3, 0.4) is 0 Å². The molecular formula is C28H29F3N6O3. The van der Waals surface area contributed by atoms with Crippen LogP contribution in [0.5, 0.6) is 0 Å². The number of halogens is 3. The van der Waals surface area contributed by atoms with Gasteiger partial charge in [0.2, 0.25) is 11.7 Å². The molecular weight excluding hydrogens is 525 g/mol. The van der Waals surface area contributed by atoms with Gasteiger partial charge in [0.05, 0.1) is 30.3 Å². The highest BCUT2D eigenvalue weighted by Crippen LogP contribution is 2.46. The van der Waals surface area contributed by atoms with E-state index >= 15 is 0 Å². The lowest BCUT2D eigenvalue weighted by atomic mass is 9.70. The summed E-state index contributed by atoms with van der Waals surface area (Å²) >= 11 is 0. The SMILES string of the molecule is CC(C)(C)C1(Cc2nc(-c3ccc(Cn4cc(-c5ccc(C(F)(F)F)cc5)nn4)cc3)no2)CCCN1C(=O)O. The second-order valence-electron chi connectivity index (χ2n) is 11.1. The van der Waals surface area contributed by atoms with Crippen molar-refractivity contribution in [3.8, 4) is 22.6 Å². The number of carboxylic acid groups (broad SMARTS) is 1. The van der Waals surface area contributed by atoms with Gasteiger partial charge in [0, 0.05) is 17.7 Å². The lowest BCUT2D eigenvalue weighted by Crippen LogP contribution is -2.56. The standard InChI is InChI=1S/C28H29F3N6O3/c1-26(2,3)27(13-4-14-37(27)25(38)39)15-23-32-24(34-40-23)20-7-5-18(6-8-20)16-36-17-22(33-35-36)19-9-11-21(12-10-19)28(29,30)31/h5-12,17H,4,13-16H2,1-3H3,(H,38,39). The molecule has 1 fully saturated rings. The van der Waals surface area contributed by atoms with Gasteiger partial charge in [-0.25, -0.2) is 9.48 Å². The lowest BCUT2D eigenvalue weighted by Gasteiger charge is -2.46. The molecule has 3 heterocycles. The quantitative estimate of drug-likeness (QED) is 0.304. The van der Waals surface area contributed by atoms with Crippen molar-refractivity contribution in [1.29, 1.82) is 0 Å². The van der Waals surface area contributed by atoms with E-state index in [2.05, 4.69) is 20.5 Å². The lowest BCUT2D eigenvalue weighted by molar-refractivity contribution is -0.137. The van der Waals surface area contributed by atoms with Crippen LogP contribution in [0.2, 0.25) is 0 Å². The summed E-state index contributed by atoms with van der Waals surface area (Å²) in [5.41, 5.74) is 1.00. The van der Waals surface area contributed by atoms with Gasteiger partial charge < -0.3 is 14.5 Å². The molecule has 2 aromatic heterocycles. The fourth-order valence-corrected chi connectivity index (χ4v) is 5.36. The molecule has 4 aromatic rings. The van der Waals surface area contributed by atoms with E-state index < -0.39 is 23.4 Å². The normalized spacial score (nSPS) is 17.9. The monoisotopic (exact) mass is 554 g/mol. The van der Waals surface area contributed by atoms with Crippen molar-refractivity contribution in [1.82, 2.24) is 30.0 Å². The van der Waals surface area contributed by atoms with E-state index in [1.165, 1.54) is 17.0 Å². The predicted molar refractivity (Wildman–Crippen MR) is 139 cm³/mol. The Morgan fingerprint density at radius 1 is 1.05 bits per heavy atom. The second-order valence-corrected chi connectivity index (χ2v) is 11.1. The Hall–Kier alpha value is -4.22. The van der Waals surface area contributed by atoms with E-state index in [1.54, 1.807) is 10.9 Å². The van der Waals surface area contributed by atoms with Crippen LogP contribution in [0.15, 0.2) is 59.3 Å². The summed E-state index contributed by atoms with van der Waals surface area (Å²) in [5.74, 6) is 0.802. The third-order valence-corrected chi connectivity index (χ3v) is 7.63. The number of amides is 1. The van der Waals surface area contributed by atoms with E-state index in [0.717, 1.165) is 36.1 Å². The van der Waals surface area contributed by atoms with Crippen molar-refractivity contribution in [2.24, 2.45) is 5.41 Å². The van der Waals surface area contributed by atoms with Gasteiger partial charge in [0.1, 0.15) is 5.69 Å². The summed E-state index contributed by atoms with van der Waals surface area (Å²) in [4.78, 5) is 18.1. The van der Waals surface area contributed by atoms with Crippen LogP contribution in [0.25, 0.3) is 22.6 Å². The van der Waals surface area contributed by atoms with Crippen LogP contribution in [-0.2, 0) is 19.1 Å². The molecule has 0 spiro atoms. The van der Waals surface area contributed by atoms with Gasteiger partial charge in [-0.3, -0.25) is 0 Å². The minimum Gasteiger partial charge on any atom is -0.465 e. The van der Waals surface area contributed by atoms with Crippen LogP contribution in [-0.4, -0.2) is 53.3 Å². The van der Waals surface area contributed by atoms with E-state index in [-0.39, 0.29) is 5.41 Å². The number of hydrogen-bond donors (Lipinski definition) is 1. The van der Waals surface area contributed by atoms with Gasteiger partial charge in [0.25, 0.3) is 0 Å². The number of aromatic nitrogens is 5. The molecule has 210 valence electrons. The Bertz CT molecular complexity index is 1490. The smallest absolute Gasteiger partial charge is 0.416 e. The zero-order valence-electron chi connectivity index (χ0n) is 22.3. The van der Waals surface area contributed by atoms with E-state index in [9.17, 15) is 23.1 Å². The predicted octanol–water partition coefficient (Wildman–Crippen LogP) is 6.16. The highest BCUT2D eigenvalue weighted by atomic mass is 19.4. The number of nitrogens with zero attached hydrogens (tertiary/aromatic N) is 6. The Morgan fingerprint density at radius 2 is 1.73 bits per heavy atom. The van der Waals surface area contributed by atoms with Crippen molar-refractivity contribution in [2.45, 2.75) is 58.3 Å². The van der Waals surface area contributed by atoms with Gasteiger partial charge in [-0.15, -0.1) is 5.10 Å². The fourth-order valence-electron chi connectivity index (χ4n) is 5.36. The third-order valence-electron chi connectivity index (χ3n) is 7.63. The van der Waals surface area contributed by atoms with Crippen molar-refractivity contribution in [3.05, 3.63) is 71.7 Å². The molecule has 5 rings (SSSR count). The number of carbonyl (C=O) groups is 1. The molecule has 1 saturated heterocycles. The van der Waals surface area contributed by atoms with Crippen LogP contribution < -0.4 is 0 Å². The van der Waals surface area contributed by atoms with E-state index in [0.29, 0.717) is 42.5 Å². The summed E-state index contributed by atoms with van der Waals surface area (Å²) < 4.78 is 45.6. The third kappa shape index (κ3) is 5.30. The molecule has 0 bridgehead atoms. The summed E-state index contributed by atoms with van der Waals surface area (Å²) in [6.07, 6.45) is -1.82. The maximum Gasteiger partial charge on any atom is 0.416 e. The Balaban J connectivity index is 1.27. The second kappa shape index (κ2) is 10.1. The molecule has 12 heteroatoms. The molecule has 1 aliphatic rings. The van der Waals surface area contributed by atoms with Gasteiger partial charge in [-0.1, -0.05) is 67.5 Å².